The van der Waals surface area contributed by atoms with E-state index < -0.39 is 0 Å². The van der Waals surface area contributed by atoms with Gasteiger partial charge in [-0.05, 0) is 31.0 Å². The summed E-state index contributed by atoms with van der Waals surface area (Å²) in [6.07, 6.45) is 4.13. The minimum Gasteiger partial charge on any atom is -0.496 e. The van der Waals surface area contributed by atoms with Crippen molar-refractivity contribution in [3.05, 3.63) is 83.6 Å². The Morgan fingerprint density at radius 3 is 2.75 bits per heavy atom. The molecule has 1 N–H and O–H groups in total. The molecule has 1 aliphatic rings. The fourth-order valence-electron chi connectivity index (χ4n) is 3.99. The van der Waals surface area contributed by atoms with Gasteiger partial charge in [0.2, 0.25) is 5.91 Å². The molecule has 3 aromatic rings. The van der Waals surface area contributed by atoms with Gasteiger partial charge in [-0.15, -0.1) is 0 Å². The van der Waals surface area contributed by atoms with Gasteiger partial charge >= 0.3 is 0 Å². The molecule has 32 heavy (non-hydrogen) atoms. The summed E-state index contributed by atoms with van der Waals surface area (Å²) in [4.78, 5) is 31.1. The van der Waals surface area contributed by atoms with E-state index in [9.17, 15) is 9.59 Å². The van der Waals surface area contributed by atoms with Crippen molar-refractivity contribution in [2.75, 3.05) is 26.7 Å². The Hall–Kier alpha value is -3.61. The molecule has 0 radical (unpaired) electrons. The monoisotopic (exact) mass is 433 g/mol. The average Bonchev–Trinajstić information content (AvgIpc) is 3.32. The highest BCUT2D eigenvalue weighted by atomic mass is 16.5. The molecule has 1 unspecified atom stereocenters. The minimum atomic E-state index is -0.249. The molecule has 1 aliphatic heterocycles. The van der Waals surface area contributed by atoms with Crippen LogP contribution in [0.1, 0.15) is 46.3 Å². The molecule has 2 amide bonds. The Labute approximate surface area is 187 Å². The summed E-state index contributed by atoms with van der Waals surface area (Å²) in [5.74, 6) is 1.94. The molecule has 2 heterocycles. The number of nitrogens with zero attached hydrogens (tertiary/aromatic N) is 2. The van der Waals surface area contributed by atoms with Gasteiger partial charge in [0.15, 0.2) is 5.89 Å². The maximum atomic E-state index is 12.7. The fourth-order valence-corrected chi connectivity index (χ4v) is 3.99. The van der Waals surface area contributed by atoms with Crippen LogP contribution >= 0.6 is 0 Å². The van der Waals surface area contributed by atoms with Crippen molar-refractivity contribution in [1.29, 1.82) is 0 Å². The maximum Gasteiger partial charge on any atom is 0.251 e. The first-order valence-electron chi connectivity index (χ1n) is 10.8. The molecule has 1 atom stereocenters. The van der Waals surface area contributed by atoms with E-state index in [1.165, 1.54) is 0 Å². The van der Waals surface area contributed by atoms with Gasteiger partial charge in [-0.2, -0.15) is 0 Å². The summed E-state index contributed by atoms with van der Waals surface area (Å²) in [7, 11) is 1.65. The topological polar surface area (TPSA) is 84.7 Å². The zero-order chi connectivity index (χ0) is 22.3. The van der Waals surface area contributed by atoms with Crippen molar-refractivity contribution < 1.29 is 18.7 Å². The van der Waals surface area contributed by atoms with E-state index in [-0.39, 0.29) is 24.3 Å². The van der Waals surface area contributed by atoms with Gasteiger partial charge in [0.1, 0.15) is 11.5 Å². The largest absolute Gasteiger partial charge is 0.496 e. The summed E-state index contributed by atoms with van der Waals surface area (Å²) < 4.78 is 11.4. The average molecular weight is 434 g/mol. The van der Waals surface area contributed by atoms with Gasteiger partial charge in [0.25, 0.3) is 5.91 Å². The third-order valence-corrected chi connectivity index (χ3v) is 5.69. The highest BCUT2D eigenvalue weighted by molar-refractivity contribution is 5.96. The van der Waals surface area contributed by atoms with Crippen LogP contribution in [0.25, 0.3) is 0 Å². The van der Waals surface area contributed by atoms with Crippen molar-refractivity contribution in [3.8, 4) is 5.75 Å². The lowest BCUT2D eigenvalue weighted by atomic mass is 9.98. The molecule has 4 rings (SSSR count). The molecular weight excluding hydrogens is 406 g/mol. The van der Waals surface area contributed by atoms with Crippen molar-refractivity contribution in [2.45, 2.75) is 25.2 Å². The lowest BCUT2D eigenvalue weighted by Gasteiger charge is -2.31. The smallest absolute Gasteiger partial charge is 0.251 e. The molecule has 7 nitrogen and oxygen atoms in total. The van der Waals surface area contributed by atoms with Crippen LogP contribution in [0, 0.1) is 0 Å². The zero-order valence-electron chi connectivity index (χ0n) is 18.1. The number of carbonyl (C=O) groups is 2. The second-order valence-electron chi connectivity index (χ2n) is 7.88. The lowest BCUT2D eigenvalue weighted by Crippen LogP contribution is -2.44. The molecule has 7 heteroatoms. The van der Waals surface area contributed by atoms with Gasteiger partial charge in [-0.1, -0.05) is 36.4 Å². The minimum absolute atomic E-state index is 0.0227. The Balaban J connectivity index is 1.34. The van der Waals surface area contributed by atoms with Crippen LogP contribution < -0.4 is 10.1 Å². The molecular formula is C25H27N3O4. The third kappa shape index (κ3) is 5.17. The highest BCUT2D eigenvalue weighted by Crippen LogP contribution is 2.28. The lowest BCUT2D eigenvalue weighted by molar-refractivity contribution is -0.131. The summed E-state index contributed by atoms with van der Waals surface area (Å²) in [5.41, 5.74) is 1.58. The molecule has 166 valence electrons. The number of hydrogen-bond acceptors (Lipinski definition) is 5. The molecule has 1 fully saturated rings. The zero-order valence-corrected chi connectivity index (χ0v) is 18.1. The Kier molecular flexibility index (Phi) is 6.84. The van der Waals surface area contributed by atoms with E-state index in [0.29, 0.717) is 31.0 Å². The Morgan fingerprint density at radius 2 is 1.94 bits per heavy atom. The summed E-state index contributed by atoms with van der Waals surface area (Å²) >= 11 is 0. The van der Waals surface area contributed by atoms with Crippen LogP contribution in [0.15, 0.2) is 65.2 Å². The number of aromatic nitrogens is 1. The normalized spacial score (nSPS) is 15.9. The van der Waals surface area contributed by atoms with Gasteiger partial charge in [0.05, 0.1) is 25.8 Å². The Bertz CT molecular complexity index is 1060. The van der Waals surface area contributed by atoms with Crippen LogP contribution in [0.5, 0.6) is 5.75 Å². The number of piperidine rings is 1. The number of amides is 2. The molecule has 1 aromatic heterocycles. The van der Waals surface area contributed by atoms with Gasteiger partial charge < -0.3 is 19.4 Å². The summed E-state index contributed by atoms with van der Waals surface area (Å²) in [6.45, 7) is 1.19. The van der Waals surface area contributed by atoms with Crippen LogP contribution in [0.3, 0.4) is 0 Å². The fraction of sp³-hybridized carbons (Fsp3) is 0.320. The predicted octanol–water partition coefficient (Wildman–Crippen LogP) is 3.41. The molecule has 0 spiro atoms. The molecule has 0 bridgehead atoms. The van der Waals surface area contributed by atoms with Gasteiger partial charge in [-0.3, -0.25) is 9.59 Å². The summed E-state index contributed by atoms with van der Waals surface area (Å²) in [6, 6.07) is 16.7. The molecule has 0 aliphatic carbocycles. The second-order valence-corrected chi connectivity index (χ2v) is 7.88. The standard InChI is InChI=1S/C25H27N3O4/c1-31-22-12-6-5-10-19(22)14-21-15-27-25(32-21)20-11-7-13-28(17-20)23(29)16-26-24(30)18-8-3-2-4-9-18/h2-6,8-10,12,15,20H,7,11,13-14,16-17H2,1H3,(H,26,30). The summed E-state index contributed by atoms with van der Waals surface area (Å²) in [5, 5.41) is 2.71. The first-order valence-corrected chi connectivity index (χ1v) is 10.8. The number of carbonyl (C=O) groups excluding carboxylic acids is 2. The number of ether oxygens (including phenoxy) is 1. The van der Waals surface area contributed by atoms with E-state index >= 15 is 0 Å². The highest BCUT2D eigenvalue weighted by Gasteiger charge is 2.28. The number of para-hydroxylation sites is 1. The van der Waals surface area contributed by atoms with Crippen LogP contribution in [-0.4, -0.2) is 48.4 Å². The number of nitrogens with one attached hydrogen (secondary N) is 1. The molecule has 2 aromatic carbocycles. The van der Waals surface area contributed by atoms with E-state index in [1.54, 1.807) is 42.5 Å². The number of benzene rings is 2. The first kappa shape index (κ1) is 21.6. The second kappa shape index (κ2) is 10.1. The van der Waals surface area contributed by atoms with Crippen LogP contribution in [0.2, 0.25) is 0 Å². The van der Waals surface area contributed by atoms with Crippen LogP contribution in [-0.2, 0) is 11.2 Å². The SMILES string of the molecule is COc1ccccc1Cc1cnc(C2CCCN(C(=O)CNC(=O)c3ccccc3)C2)o1. The Morgan fingerprint density at radius 1 is 1.16 bits per heavy atom. The quantitative estimate of drug-likeness (QED) is 0.617. The van der Waals surface area contributed by atoms with E-state index in [0.717, 1.165) is 29.9 Å². The third-order valence-electron chi connectivity index (χ3n) is 5.69. The van der Waals surface area contributed by atoms with Gasteiger partial charge in [-0.25, -0.2) is 4.98 Å². The molecule has 1 saturated heterocycles. The van der Waals surface area contributed by atoms with E-state index in [4.69, 9.17) is 9.15 Å². The predicted molar refractivity (Wildman–Crippen MR) is 120 cm³/mol. The van der Waals surface area contributed by atoms with Gasteiger partial charge in [0, 0.05) is 30.6 Å². The number of oxazole rings is 1. The van der Waals surface area contributed by atoms with Crippen molar-refractivity contribution in [2.24, 2.45) is 0 Å². The molecule has 0 saturated carbocycles. The maximum absolute atomic E-state index is 12.7. The van der Waals surface area contributed by atoms with Crippen molar-refractivity contribution >= 4 is 11.8 Å². The van der Waals surface area contributed by atoms with Crippen LogP contribution in [0.4, 0.5) is 0 Å². The number of rotatable bonds is 7. The van der Waals surface area contributed by atoms with Crippen molar-refractivity contribution in [3.63, 3.8) is 0 Å². The number of likely N-dealkylation sites (tertiary alicyclic amines) is 1. The first-order chi connectivity index (χ1) is 15.6. The number of methoxy groups -OCH3 is 1. The number of hydrogen-bond donors (Lipinski definition) is 1. The van der Waals surface area contributed by atoms with E-state index in [1.807, 2.05) is 30.3 Å². The van der Waals surface area contributed by atoms with E-state index in [2.05, 4.69) is 10.3 Å². The van der Waals surface area contributed by atoms with Crippen molar-refractivity contribution in [1.82, 2.24) is 15.2 Å².